The summed E-state index contributed by atoms with van der Waals surface area (Å²) in [7, 11) is 4.85. The molecule has 2 heterocycles. The number of aromatic nitrogens is 2. The lowest BCUT2D eigenvalue weighted by molar-refractivity contribution is 0.354. The number of hydrogen-bond acceptors (Lipinski definition) is 7. The van der Waals surface area contributed by atoms with E-state index in [2.05, 4.69) is 22.3 Å². The molecule has 1 aromatic heterocycles. The summed E-state index contributed by atoms with van der Waals surface area (Å²) in [6.45, 7) is 4.92. The zero-order chi connectivity index (χ0) is 24.2. The van der Waals surface area contributed by atoms with Crippen LogP contribution in [0.4, 0.5) is 0 Å². The van der Waals surface area contributed by atoms with E-state index in [0.29, 0.717) is 28.3 Å². The summed E-state index contributed by atoms with van der Waals surface area (Å²) in [5.41, 5.74) is 3.56. The smallest absolute Gasteiger partial charge is 0.258 e. The van der Waals surface area contributed by atoms with E-state index in [0.717, 1.165) is 41.1 Å². The Labute approximate surface area is 204 Å². The molecule has 0 radical (unpaired) electrons. The van der Waals surface area contributed by atoms with Gasteiger partial charge in [0.25, 0.3) is 5.89 Å². The Morgan fingerprint density at radius 1 is 1.06 bits per heavy atom. The first kappa shape index (κ1) is 23.6. The quantitative estimate of drug-likeness (QED) is 0.456. The third-order valence-corrected chi connectivity index (χ3v) is 6.11. The molecule has 0 aliphatic carbocycles. The second-order valence-corrected chi connectivity index (χ2v) is 8.19. The van der Waals surface area contributed by atoms with Gasteiger partial charge in [0.1, 0.15) is 5.75 Å². The van der Waals surface area contributed by atoms with E-state index in [-0.39, 0.29) is 6.04 Å². The molecule has 8 nitrogen and oxygen atoms in total. The van der Waals surface area contributed by atoms with Crippen molar-refractivity contribution in [1.29, 1.82) is 0 Å². The fourth-order valence-electron chi connectivity index (χ4n) is 4.05. The van der Waals surface area contributed by atoms with Crippen LogP contribution >= 0.6 is 12.2 Å². The molecule has 4 rings (SSSR count). The van der Waals surface area contributed by atoms with Crippen LogP contribution in [0.2, 0.25) is 0 Å². The Bertz CT molecular complexity index is 1220. The summed E-state index contributed by atoms with van der Waals surface area (Å²) < 4.78 is 22.1. The molecule has 0 bridgehead atoms. The van der Waals surface area contributed by atoms with E-state index in [1.54, 1.807) is 21.3 Å². The molecule has 0 fully saturated rings. The highest BCUT2D eigenvalue weighted by Gasteiger charge is 2.34. The zero-order valence-electron chi connectivity index (χ0n) is 19.9. The average molecular weight is 481 g/mol. The largest absolute Gasteiger partial charge is 0.497 e. The minimum Gasteiger partial charge on any atom is -0.497 e. The maximum atomic E-state index is 5.79. The third-order valence-electron chi connectivity index (χ3n) is 5.77. The van der Waals surface area contributed by atoms with Crippen LogP contribution in [0.3, 0.4) is 0 Å². The van der Waals surface area contributed by atoms with Crippen molar-refractivity contribution >= 4 is 22.9 Å². The van der Waals surface area contributed by atoms with Crippen LogP contribution in [0, 0.1) is 0 Å². The molecule has 1 unspecified atom stereocenters. The number of allylic oxidation sites excluding steroid dienone is 1. The molecule has 1 atom stereocenters. The number of methoxy groups -OCH3 is 3. The first-order valence-corrected chi connectivity index (χ1v) is 11.4. The summed E-state index contributed by atoms with van der Waals surface area (Å²) in [6.07, 6.45) is 0.937. The number of rotatable bonds is 8. The molecule has 178 valence electrons. The van der Waals surface area contributed by atoms with Gasteiger partial charge in [-0.3, -0.25) is 0 Å². The van der Waals surface area contributed by atoms with Crippen LogP contribution in [-0.2, 0) is 0 Å². The van der Waals surface area contributed by atoms with Gasteiger partial charge in [-0.1, -0.05) is 30.3 Å². The summed E-state index contributed by atoms with van der Waals surface area (Å²) in [4.78, 5) is 6.81. The number of nitrogens with one attached hydrogen (secondary N) is 1. The Hall–Kier alpha value is -3.59. The van der Waals surface area contributed by atoms with Gasteiger partial charge in [-0.25, -0.2) is 0 Å². The standard InChI is InChI=1S/C25H28N4O4S/c1-6-12-29-15(2)21(24-27-23(28-33-24)17-8-7-9-18(13-17)30-3)22(26-25(29)34)16-10-11-19(31-4)20(14-16)32-5/h7-11,13-14,22H,6,12H2,1-5H3,(H,26,34). The molecule has 1 aliphatic rings. The van der Waals surface area contributed by atoms with E-state index in [4.69, 9.17) is 35.9 Å². The molecule has 0 saturated heterocycles. The van der Waals surface area contributed by atoms with Crippen molar-refractivity contribution in [2.24, 2.45) is 0 Å². The number of benzene rings is 2. The van der Waals surface area contributed by atoms with Crippen molar-refractivity contribution in [3.8, 4) is 28.6 Å². The number of thiocarbonyl (C=S) groups is 1. The lowest BCUT2D eigenvalue weighted by atomic mass is 9.94. The highest BCUT2D eigenvalue weighted by Crippen LogP contribution is 2.40. The van der Waals surface area contributed by atoms with Gasteiger partial charge in [0.2, 0.25) is 5.82 Å². The van der Waals surface area contributed by atoms with Crippen LogP contribution in [0.5, 0.6) is 17.2 Å². The monoisotopic (exact) mass is 480 g/mol. The molecular formula is C25H28N4O4S. The molecule has 0 spiro atoms. The van der Waals surface area contributed by atoms with Crippen molar-refractivity contribution in [1.82, 2.24) is 20.4 Å². The van der Waals surface area contributed by atoms with Crippen molar-refractivity contribution < 1.29 is 18.7 Å². The van der Waals surface area contributed by atoms with Crippen molar-refractivity contribution in [3.63, 3.8) is 0 Å². The maximum absolute atomic E-state index is 5.79. The molecule has 3 aromatic rings. The van der Waals surface area contributed by atoms with Gasteiger partial charge >= 0.3 is 0 Å². The van der Waals surface area contributed by atoms with Gasteiger partial charge in [-0.05, 0) is 55.4 Å². The van der Waals surface area contributed by atoms with Gasteiger partial charge in [0, 0.05) is 17.8 Å². The topological polar surface area (TPSA) is 81.9 Å². The van der Waals surface area contributed by atoms with Gasteiger partial charge in [-0.15, -0.1) is 0 Å². The van der Waals surface area contributed by atoms with Crippen LogP contribution in [-0.4, -0.2) is 48.0 Å². The highest BCUT2D eigenvalue weighted by molar-refractivity contribution is 7.80. The number of hydrogen-bond donors (Lipinski definition) is 1. The van der Waals surface area contributed by atoms with Crippen LogP contribution < -0.4 is 19.5 Å². The molecule has 34 heavy (non-hydrogen) atoms. The van der Waals surface area contributed by atoms with Gasteiger partial charge in [0.05, 0.1) is 32.9 Å². The number of ether oxygens (including phenoxy) is 3. The normalized spacial score (nSPS) is 15.9. The van der Waals surface area contributed by atoms with Crippen molar-refractivity contribution in [2.45, 2.75) is 26.3 Å². The molecule has 0 saturated carbocycles. The van der Waals surface area contributed by atoms with Gasteiger partial charge < -0.3 is 29.0 Å². The lowest BCUT2D eigenvalue weighted by Gasteiger charge is -2.37. The molecule has 9 heteroatoms. The predicted octanol–water partition coefficient (Wildman–Crippen LogP) is 4.83. The summed E-state index contributed by atoms with van der Waals surface area (Å²) >= 11 is 5.71. The Kier molecular flexibility index (Phi) is 7.02. The molecule has 0 amide bonds. The second-order valence-electron chi connectivity index (χ2n) is 7.80. The summed E-state index contributed by atoms with van der Waals surface area (Å²) in [6, 6.07) is 13.0. The SMILES string of the molecule is CCCN1C(=S)NC(c2ccc(OC)c(OC)c2)C(c2nc(-c3cccc(OC)c3)no2)=C1C. The van der Waals surface area contributed by atoms with Crippen molar-refractivity contribution in [2.75, 3.05) is 27.9 Å². The van der Waals surface area contributed by atoms with E-state index in [9.17, 15) is 0 Å². The molecular weight excluding hydrogens is 452 g/mol. The van der Waals surface area contributed by atoms with Crippen molar-refractivity contribution in [3.05, 3.63) is 59.6 Å². The Morgan fingerprint density at radius 2 is 1.85 bits per heavy atom. The second kappa shape index (κ2) is 10.1. The van der Waals surface area contributed by atoms with E-state index < -0.39 is 0 Å². The first-order valence-electron chi connectivity index (χ1n) is 11.0. The van der Waals surface area contributed by atoms with E-state index in [1.165, 1.54) is 0 Å². The van der Waals surface area contributed by atoms with Crippen LogP contribution in [0.25, 0.3) is 17.0 Å². The molecule has 2 aromatic carbocycles. The minimum atomic E-state index is -0.306. The maximum Gasteiger partial charge on any atom is 0.258 e. The summed E-state index contributed by atoms with van der Waals surface area (Å²) in [5, 5.41) is 8.36. The number of nitrogens with zero attached hydrogens (tertiary/aromatic N) is 3. The van der Waals surface area contributed by atoms with E-state index >= 15 is 0 Å². The highest BCUT2D eigenvalue weighted by atomic mass is 32.1. The summed E-state index contributed by atoms with van der Waals surface area (Å²) in [5.74, 6) is 2.91. The van der Waals surface area contributed by atoms with E-state index in [1.807, 2.05) is 49.4 Å². The first-order chi connectivity index (χ1) is 16.5. The predicted molar refractivity (Wildman–Crippen MR) is 134 cm³/mol. The Morgan fingerprint density at radius 3 is 2.56 bits per heavy atom. The van der Waals surface area contributed by atoms with Crippen LogP contribution in [0.1, 0.15) is 37.8 Å². The molecule has 1 aliphatic heterocycles. The molecule has 1 N–H and O–H groups in total. The third kappa shape index (κ3) is 4.43. The zero-order valence-corrected chi connectivity index (χ0v) is 20.7. The van der Waals surface area contributed by atoms with Gasteiger partial charge in [0.15, 0.2) is 16.6 Å². The fraction of sp³-hybridized carbons (Fsp3) is 0.320. The lowest BCUT2D eigenvalue weighted by Crippen LogP contribution is -2.46. The Balaban J connectivity index is 1.82. The van der Waals surface area contributed by atoms with Crippen LogP contribution in [0.15, 0.2) is 52.7 Å². The minimum absolute atomic E-state index is 0.306. The fourth-order valence-corrected chi connectivity index (χ4v) is 4.39. The average Bonchev–Trinajstić information content (AvgIpc) is 3.35. The van der Waals surface area contributed by atoms with Gasteiger partial charge in [-0.2, -0.15) is 4.98 Å².